The number of hydrogen-bond acceptors (Lipinski definition) is 6. The number of nitrogens with zero attached hydrogens (tertiary/aromatic N) is 1. The highest BCUT2D eigenvalue weighted by atomic mass is 32.1. The molecule has 8 heteroatoms. The minimum Gasteiger partial charge on any atom is -0.503 e. The maximum absolute atomic E-state index is 13.1. The van der Waals surface area contributed by atoms with Crippen LogP contribution >= 0.6 is 11.3 Å². The zero-order chi connectivity index (χ0) is 19.7. The van der Waals surface area contributed by atoms with Crippen LogP contribution < -0.4 is 4.90 Å². The molecule has 2 aromatic rings. The van der Waals surface area contributed by atoms with Gasteiger partial charge in [-0.25, -0.2) is 0 Å². The first-order chi connectivity index (χ1) is 13.6. The van der Waals surface area contributed by atoms with Gasteiger partial charge in [0.15, 0.2) is 5.76 Å². The first-order valence-electron chi connectivity index (χ1n) is 9.36. The number of amides is 1. The van der Waals surface area contributed by atoms with E-state index in [1.165, 1.54) is 16.2 Å². The Morgan fingerprint density at radius 3 is 2.75 bits per heavy atom. The summed E-state index contributed by atoms with van der Waals surface area (Å²) in [5, 5.41) is 12.4. The fourth-order valence-electron chi connectivity index (χ4n) is 3.74. The number of Topliss-reactive ketones (excluding diaryl/α,β-unsaturated/α-hetero) is 1. The summed E-state index contributed by atoms with van der Waals surface area (Å²) in [5.74, 6) is -0.149. The number of aliphatic hydroxyl groups excluding tert-OH is 1. The zero-order valence-corrected chi connectivity index (χ0v) is 16.5. The summed E-state index contributed by atoms with van der Waals surface area (Å²) in [4.78, 5) is 29.3. The molecule has 0 aliphatic carbocycles. The average molecular weight is 403 g/mol. The Hall–Kier alpha value is -2.42. The van der Waals surface area contributed by atoms with Gasteiger partial charge in [-0.1, -0.05) is 6.07 Å². The second kappa shape index (κ2) is 7.90. The van der Waals surface area contributed by atoms with E-state index >= 15 is 0 Å². The molecule has 0 spiro atoms. The maximum Gasteiger partial charge on any atom is 0.290 e. The van der Waals surface area contributed by atoms with Crippen molar-refractivity contribution in [1.82, 2.24) is 4.90 Å². The van der Waals surface area contributed by atoms with Crippen LogP contribution in [-0.2, 0) is 9.53 Å². The van der Waals surface area contributed by atoms with Crippen molar-refractivity contribution >= 4 is 23.0 Å². The number of thiophene rings is 1. The minimum atomic E-state index is -0.712. The van der Waals surface area contributed by atoms with Crippen LogP contribution in [0.4, 0.5) is 0 Å². The first kappa shape index (κ1) is 18.9. The third-order valence-electron chi connectivity index (χ3n) is 5.23. The van der Waals surface area contributed by atoms with Crippen LogP contribution in [0.15, 0.2) is 45.4 Å². The molecule has 2 aliphatic rings. The Kier molecular flexibility index (Phi) is 5.34. The third-order valence-corrected chi connectivity index (χ3v) is 6.10. The number of aryl methyl sites for hydroxylation is 1. The van der Waals surface area contributed by atoms with E-state index in [0.29, 0.717) is 36.2 Å². The Labute approximate surface area is 166 Å². The lowest BCUT2D eigenvalue weighted by Crippen LogP contribution is -3.14. The normalized spacial score (nSPS) is 21.0. The van der Waals surface area contributed by atoms with Gasteiger partial charge >= 0.3 is 0 Å². The molecule has 1 amide bonds. The van der Waals surface area contributed by atoms with Crippen LogP contribution in [0.5, 0.6) is 0 Å². The molecule has 28 heavy (non-hydrogen) atoms. The predicted octanol–water partition coefficient (Wildman–Crippen LogP) is 1.14. The molecular formula is C20H23N2O5S+. The molecule has 1 atom stereocenters. The molecule has 0 unspecified atom stereocenters. The van der Waals surface area contributed by atoms with E-state index in [2.05, 4.69) is 0 Å². The van der Waals surface area contributed by atoms with Gasteiger partial charge in [0.2, 0.25) is 5.78 Å². The Bertz CT molecular complexity index is 896. The number of rotatable bonds is 6. The summed E-state index contributed by atoms with van der Waals surface area (Å²) < 4.78 is 11.2. The lowest BCUT2D eigenvalue weighted by Gasteiger charge is -2.28. The van der Waals surface area contributed by atoms with Gasteiger partial charge in [-0.15, -0.1) is 11.3 Å². The number of furan rings is 1. The van der Waals surface area contributed by atoms with Crippen molar-refractivity contribution in [3.05, 3.63) is 57.4 Å². The molecular weight excluding hydrogens is 380 g/mol. The van der Waals surface area contributed by atoms with Gasteiger partial charge in [-0.3, -0.25) is 9.59 Å². The molecule has 2 aromatic heterocycles. The van der Waals surface area contributed by atoms with Crippen molar-refractivity contribution in [3.8, 4) is 0 Å². The summed E-state index contributed by atoms with van der Waals surface area (Å²) in [6, 6.07) is 6.33. The van der Waals surface area contributed by atoms with Crippen LogP contribution in [0.2, 0.25) is 0 Å². The smallest absolute Gasteiger partial charge is 0.290 e. The van der Waals surface area contributed by atoms with Crippen LogP contribution in [0.3, 0.4) is 0 Å². The van der Waals surface area contributed by atoms with Gasteiger partial charge < -0.3 is 24.1 Å². The van der Waals surface area contributed by atoms with Crippen molar-refractivity contribution in [2.45, 2.75) is 13.0 Å². The van der Waals surface area contributed by atoms with E-state index < -0.39 is 17.7 Å². The van der Waals surface area contributed by atoms with Gasteiger partial charge in [0.05, 0.1) is 36.8 Å². The van der Waals surface area contributed by atoms with Crippen LogP contribution in [0.25, 0.3) is 0 Å². The first-order valence-corrected chi connectivity index (χ1v) is 10.2. The number of ether oxygens (including phenoxy) is 1. The fraction of sp³-hybridized carbons (Fsp3) is 0.400. The average Bonchev–Trinajstić information content (AvgIpc) is 3.43. The number of quaternary nitrogens is 1. The second-order valence-electron chi connectivity index (χ2n) is 7.03. The zero-order valence-electron chi connectivity index (χ0n) is 15.6. The highest BCUT2D eigenvalue weighted by molar-refractivity contribution is 7.12. The monoisotopic (exact) mass is 403 g/mol. The number of carbonyl (C=O) groups excluding carboxylic acids is 2. The van der Waals surface area contributed by atoms with E-state index in [1.807, 2.05) is 6.92 Å². The van der Waals surface area contributed by atoms with Gasteiger partial charge in [0, 0.05) is 0 Å². The Morgan fingerprint density at radius 1 is 1.32 bits per heavy atom. The molecule has 2 N–H and O–H groups in total. The van der Waals surface area contributed by atoms with E-state index in [1.54, 1.807) is 34.5 Å². The summed E-state index contributed by atoms with van der Waals surface area (Å²) in [6.45, 7) is 6.13. The topological polar surface area (TPSA) is 84.4 Å². The van der Waals surface area contributed by atoms with E-state index in [-0.39, 0.29) is 11.4 Å². The molecule has 1 saturated heterocycles. The Balaban J connectivity index is 1.64. The number of hydrogen-bond donors (Lipinski definition) is 2. The minimum absolute atomic E-state index is 0.0961. The molecule has 2 aliphatic heterocycles. The number of nitrogens with one attached hydrogen (secondary N) is 1. The van der Waals surface area contributed by atoms with E-state index in [4.69, 9.17) is 9.15 Å². The van der Waals surface area contributed by atoms with E-state index in [9.17, 15) is 14.7 Å². The Morgan fingerprint density at radius 2 is 2.11 bits per heavy atom. The van der Waals surface area contributed by atoms with Crippen molar-refractivity contribution in [2.24, 2.45) is 0 Å². The van der Waals surface area contributed by atoms with Crippen LogP contribution in [0.1, 0.15) is 27.2 Å². The highest BCUT2D eigenvalue weighted by Gasteiger charge is 2.45. The van der Waals surface area contributed by atoms with Gasteiger partial charge in [0.1, 0.15) is 30.7 Å². The van der Waals surface area contributed by atoms with Crippen LogP contribution in [-0.4, -0.2) is 61.1 Å². The highest BCUT2D eigenvalue weighted by Crippen LogP contribution is 2.39. The van der Waals surface area contributed by atoms with Crippen LogP contribution in [0, 0.1) is 6.92 Å². The predicted molar refractivity (Wildman–Crippen MR) is 103 cm³/mol. The summed E-state index contributed by atoms with van der Waals surface area (Å²) in [6.07, 6.45) is 0. The molecule has 1 fully saturated rings. The lowest BCUT2D eigenvalue weighted by molar-refractivity contribution is -0.907. The molecule has 0 saturated carbocycles. The lowest BCUT2D eigenvalue weighted by atomic mass is 10.0. The third kappa shape index (κ3) is 3.50. The molecule has 0 radical (unpaired) electrons. The molecule has 0 aromatic carbocycles. The summed E-state index contributed by atoms with van der Waals surface area (Å²) >= 11 is 1.29. The van der Waals surface area contributed by atoms with E-state index in [0.717, 1.165) is 19.6 Å². The second-order valence-corrected chi connectivity index (χ2v) is 7.98. The largest absolute Gasteiger partial charge is 0.503 e. The number of carbonyl (C=O) groups is 2. The molecule has 148 valence electrons. The van der Waals surface area contributed by atoms with Crippen molar-refractivity contribution < 1.29 is 28.7 Å². The van der Waals surface area contributed by atoms with Gasteiger partial charge in [-0.05, 0) is 30.5 Å². The molecule has 0 bridgehead atoms. The quantitative estimate of drug-likeness (QED) is 0.707. The van der Waals surface area contributed by atoms with Crippen molar-refractivity contribution in [3.63, 3.8) is 0 Å². The van der Waals surface area contributed by atoms with Gasteiger partial charge in [0.25, 0.3) is 5.91 Å². The summed E-state index contributed by atoms with van der Waals surface area (Å²) in [7, 11) is 0. The number of aliphatic hydroxyl groups is 1. The molecule has 4 rings (SSSR count). The standard InChI is InChI=1S/C20H22N2O5S/c1-13-4-5-14(27-13)17-16(18(23)15-3-2-12-28-15)19(24)20(25)22(17)7-6-21-8-10-26-11-9-21/h2-5,12,17,24H,6-11H2,1H3/p+1/t17-/m0/s1. The maximum atomic E-state index is 13.1. The fourth-order valence-corrected chi connectivity index (χ4v) is 4.42. The SMILES string of the molecule is Cc1ccc([C@H]2C(C(=O)c3cccs3)=C(O)C(=O)N2CC[NH+]2CCOCC2)o1. The summed E-state index contributed by atoms with van der Waals surface area (Å²) in [5.41, 5.74) is 0.0961. The molecule has 4 heterocycles. The number of ketones is 1. The van der Waals surface area contributed by atoms with Crippen molar-refractivity contribution in [1.29, 1.82) is 0 Å². The van der Waals surface area contributed by atoms with Crippen molar-refractivity contribution in [2.75, 3.05) is 39.4 Å². The van der Waals surface area contributed by atoms with Gasteiger partial charge in [-0.2, -0.15) is 0 Å². The molecule has 7 nitrogen and oxygen atoms in total. The number of morpholine rings is 1.